The number of ether oxygens (including phenoxy) is 1. The molecule has 0 aliphatic carbocycles. The number of rotatable bonds is 8. The second-order valence-electron chi connectivity index (χ2n) is 9.20. The van der Waals surface area contributed by atoms with Crippen LogP contribution in [0.15, 0.2) is 24.3 Å². The minimum Gasteiger partial charge on any atom is -0.497 e. The van der Waals surface area contributed by atoms with Gasteiger partial charge in [0.2, 0.25) is 5.91 Å². The van der Waals surface area contributed by atoms with Crippen LogP contribution in [0.1, 0.15) is 36.7 Å². The fraction of sp³-hybridized carbons (Fsp3) is 0.600. The Balaban J connectivity index is 1.17. The zero-order chi connectivity index (χ0) is 23.2. The summed E-state index contributed by atoms with van der Waals surface area (Å²) in [6.07, 6.45) is 2.29. The van der Waals surface area contributed by atoms with Crippen LogP contribution >= 0.6 is 0 Å². The summed E-state index contributed by atoms with van der Waals surface area (Å²) in [4.78, 5) is 35.4. The number of carbonyl (C=O) groups excluding carboxylic acids is 2. The highest BCUT2D eigenvalue weighted by molar-refractivity contribution is 5.98. The monoisotopic (exact) mass is 455 g/mol. The number of H-pyrrole nitrogens is 1. The van der Waals surface area contributed by atoms with Crippen molar-refractivity contribution in [2.45, 2.75) is 26.2 Å². The van der Waals surface area contributed by atoms with Crippen LogP contribution in [0, 0.1) is 5.92 Å². The van der Waals surface area contributed by atoms with Gasteiger partial charge in [-0.1, -0.05) is 6.92 Å². The molecule has 1 aromatic heterocycles. The normalized spacial score (nSPS) is 18.5. The molecular formula is C25H37N5O3. The molecule has 2 aliphatic heterocycles. The van der Waals surface area contributed by atoms with Crippen LogP contribution < -0.4 is 10.1 Å². The van der Waals surface area contributed by atoms with E-state index in [1.165, 1.54) is 0 Å². The maximum absolute atomic E-state index is 13.0. The van der Waals surface area contributed by atoms with Gasteiger partial charge in [-0.15, -0.1) is 0 Å². The van der Waals surface area contributed by atoms with E-state index in [1.807, 2.05) is 29.2 Å². The predicted octanol–water partition coefficient (Wildman–Crippen LogP) is 2.17. The maximum Gasteiger partial charge on any atom is 0.270 e. The molecule has 0 radical (unpaired) electrons. The van der Waals surface area contributed by atoms with Crippen LogP contribution in [0.2, 0.25) is 0 Å². The second-order valence-corrected chi connectivity index (χ2v) is 9.20. The third kappa shape index (κ3) is 6.06. The Morgan fingerprint density at radius 1 is 1.06 bits per heavy atom. The quantitative estimate of drug-likeness (QED) is 0.638. The molecule has 0 spiro atoms. The first kappa shape index (κ1) is 23.6. The largest absolute Gasteiger partial charge is 0.497 e. The van der Waals surface area contributed by atoms with Gasteiger partial charge < -0.3 is 24.8 Å². The number of carbonyl (C=O) groups is 2. The molecule has 2 fully saturated rings. The van der Waals surface area contributed by atoms with Crippen molar-refractivity contribution >= 4 is 22.7 Å². The van der Waals surface area contributed by atoms with Crippen molar-refractivity contribution in [1.82, 2.24) is 25.0 Å². The average molecular weight is 456 g/mol. The van der Waals surface area contributed by atoms with Crippen molar-refractivity contribution in [2.75, 3.05) is 66.0 Å². The zero-order valence-corrected chi connectivity index (χ0v) is 19.9. The number of likely N-dealkylation sites (N-methyl/N-ethyl adjacent to an activating group) is 1. The summed E-state index contributed by atoms with van der Waals surface area (Å²) in [5.41, 5.74) is 1.51. The molecule has 0 bridgehead atoms. The summed E-state index contributed by atoms with van der Waals surface area (Å²) >= 11 is 0. The summed E-state index contributed by atoms with van der Waals surface area (Å²) in [5, 5.41) is 4.09. The molecule has 8 heteroatoms. The van der Waals surface area contributed by atoms with Crippen molar-refractivity contribution in [3.63, 3.8) is 0 Å². The summed E-state index contributed by atoms with van der Waals surface area (Å²) in [6.45, 7) is 10.7. The van der Waals surface area contributed by atoms with Gasteiger partial charge in [0.1, 0.15) is 11.4 Å². The van der Waals surface area contributed by atoms with E-state index in [-0.39, 0.29) is 11.8 Å². The van der Waals surface area contributed by atoms with Gasteiger partial charge in [-0.2, -0.15) is 0 Å². The first-order valence-corrected chi connectivity index (χ1v) is 12.2. The molecule has 0 atom stereocenters. The van der Waals surface area contributed by atoms with E-state index >= 15 is 0 Å². The lowest BCUT2D eigenvalue weighted by atomic mass is 9.93. The van der Waals surface area contributed by atoms with E-state index in [0.29, 0.717) is 37.7 Å². The fourth-order valence-electron chi connectivity index (χ4n) is 4.88. The third-order valence-electron chi connectivity index (χ3n) is 7.10. The Bertz CT molecular complexity index is 943. The fourth-order valence-corrected chi connectivity index (χ4v) is 4.88. The minimum atomic E-state index is 0.0243. The number of hydrogen-bond donors (Lipinski definition) is 2. The number of aromatic amines is 1. The SMILES string of the molecule is CCN1CCN(CCNC(=O)CC2CCN(C(=O)c3cc4ccc(OC)cc4[nH]3)CC2)CC1. The molecule has 2 N–H and O–H groups in total. The Morgan fingerprint density at radius 3 is 2.48 bits per heavy atom. The molecule has 2 aliphatic rings. The Hall–Kier alpha value is -2.58. The van der Waals surface area contributed by atoms with E-state index in [1.54, 1.807) is 7.11 Å². The number of amides is 2. The number of piperazine rings is 1. The van der Waals surface area contributed by atoms with Crippen molar-refractivity contribution in [1.29, 1.82) is 0 Å². The molecule has 0 saturated carbocycles. The van der Waals surface area contributed by atoms with Gasteiger partial charge in [-0.3, -0.25) is 14.5 Å². The predicted molar refractivity (Wildman–Crippen MR) is 130 cm³/mol. The molecule has 2 saturated heterocycles. The van der Waals surface area contributed by atoms with E-state index in [0.717, 1.165) is 68.8 Å². The number of nitrogens with one attached hydrogen (secondary N) is 2. The van der Waals surface area contributed by atoms with Gasteiger partial charge in [0, 0.05) is 75.7 Å². The Morgan fingerprint density at radius 2 is 1.79 bits per heavy atom. The minimum absolute atomic E-state index is 0.0243. The molecule has 8 nitrogen and oxygen atoms in total. The summed E-state index contributed by atoms with van der Waals surface area (Å²) < 4.78 is 5.26. The van der Waals surface area contributed by atoms with Crippen LogP contribution in [0.5, 0.6) is 5.75 Å². The van der Waals surface area contributed by atoms with Crippen LogP contribution in [-0.2, 0) is 4.79 Å². The van der Waals surface area contributed by atoms with Crippen molar-refractivity contribution in [3.05, 3.63) is 30.0 Å². The van der Waals surface area contributed by atoms with Gasteiger partial charge in [0.15, 0.2) is 0 Å². The molecule has 1 aromatic carbocycles. The molecule has 33 heavy (non-hydrogen) atoms. The molecule has 180 valence electrons. The number of methoxy groups -OCH3 is 1. The Labute approximate surface area is 196 Å². The van der Waals surface area contributed by atoms with Gasteiger partial charge in [0.25, 0.3) is 5.91 Å². The number of hydrogen-bond acceptors (Lipinski definition) is 5. The lowest BCUT2D eigenvalue weighted by molar-refractivity contribution is -0.122. The molecule has 2 aromatic rings. The smallest absolute Gasteiger partial charge is 0.270 e. The summed E-state index contributed by atoms with van der Waals surface area (Å²) in [7, 11) is 1.63. The first-order chi connectivity index (χ1) is 16.1. The first-order valence-electron chi connectivity index (χ1n) is 12.2. The number of fused-ring (bicyclic) bond motifs is 1. The van der Waals surface area contributed by atoms with Crippen molar-refractivity contribution < 1.29 is 14.3 Å². The molecular weight excluding hydrogens is 418 g/mol. The van der Waals surface area contributed by atoms with Gasteiger partial charge >= 0.3 is 0 Å². The number of piperidine rings is 1. The van der Waals surface area contributed by atoms with Gasteiger partial charge in [-0.25, -0.2) is 0 Å². The van der Waals surface area contributed by atoms with E-state index in [9.17, 15) is 9.59 Å². The number of likely N-dealkylation sites (tertiary alicyclic amines) is 1. The Kier molecular flexibility index (Phi) is 7.88. The van der Waals surface area contributed by atoms with E-state index in [2.05, 4.69) is 27.0 Å². The highest BCUT2D eigenvalue weighted by Crippen LogP contribution is 2.25. The number of aromatic nitrogens is 1. The van der Waals surface area contributed by atoms with Crippen LogP contribution in [0.3, 0.4) is 0 Å². The van der Waals surface area contributed by atoms with Gasteiger partial charge in [-0.05, 0) is 43.5 Å². The lowest BCUT2D eigenvalue weighted by Gasteiger charge is -2.34. The van der Waals surface area contributed by atoms with Crippen LogP contribution in [0.4, 0.5) is 0 Å². The number of benzene rings is 1. The van der Waals surface area contributed by atoms with E-state index in [4.69, 9.17) is 4.74 Å². The second kappa shape index (κ2) is 11.0. The van der Waals surface area contributed by atoms with Crippen LogP contribution in [0.25, 0.3) is 10.9 Å². The van der Waals surface area contributed by atoms with Crippen LogP contribution in [-0.4, -0.2) is 97.5 Å². The van der Waals surface area contributed by atoms with Crippen molar-refractivity contribution in [3.8, 4) is 5.75 Å². The molecule has 0 unspecified atom stereocenters. The van der Waals surface area contributed by atoms with E-state index < -0.39 is 0 Å². The third-order valence-corrected chi connectivity index (χ3v) is 7.10. The summed E-state index contributed by atoms with van der Waals surface area (Å²) in [5.74, 6) is 1.27. The van der Waals surface area contributed by atoms with Crippen molar-refractivity contribution in [2.24, 2.45) is 5.92 Å². The average Bonchev–Trinajstić information content (AvgIpc) is 3.28. The number of nitrogens with zero attached hydrogens (tertiary/aromatic N) is 3. The zero-order valence-electron chi connectivity index (χ0n) is 19.9. The standard InChI is InChI=1S/C25H37N5O3/c1-3-28-12-14-29(15-13-28)11-8-26-24(31)16-19-6-9-30(10-7-19)25(32)23-17-20-4-5-21(33-2)18-22(20)27-23/h4-5,17-19,27H,3,6-16H2,1-2H3,(H,26,31). The van der Waals surface area contributed by atoms with Gasteiger partial charge in [0.05, 0.1) is 7.11 Å². The lowest BCUT2D eigenvalue weighted by Crippen LogP contribution is -2.48. The summed E-state index contributed by atoms with van der Waals surface area (Å²) in [6, 6.07) is 7.66. The highest BCUT2D eigenvalue weighted by Gasteiger charge is 2.26. The topological polar surface area (TPSA) is 80.9 Å². The molecule has 4 rings (SSSR count). The highest BCUT2D eigenvalue weighted by atomic mass is 16.5. The maximum atomic E-state index is 13.0. The molecule has 3 heterocycles. The molecule has 2 amide bonds.